The van der Waals surface area contributed by atoms with Crippen LogP contribution in [0.3, 0.4) is 0 Å². The van der Waals surface area contributed by atoms with Gasteiger partial charge in [-0.3, -0.25) is 10.1 Å². The molecule has 0 unspecified atom stereocenters. The van der Waals surface area contributed by atoms with Crippen LogP contribution in [0.4, 0.5) is 5.69 Å². The molecule has 0 aliphatic carbocycles. The molecule has 6 nitrogen and oxygen atoms in total. The summed E-state index contributed by atoms with van der Waals surface area (Å²) in [5.74, 6) is -0.0882. The molecule has 102 valence electrons. The molecule has 0 aliphatic rings. The Balaban J connectivity index is 0.00000289. The Morgan fingerprint density at radius 2 is 2.06 bits per heavy atom. The van der Waals surface area contributed by atoms with Crippen molar-refractivity contribution >= 4 is 18.1 Å². The molecule has 0 bridgehead atoms. The van der Waals surface area contributed by atoms with Gasteiger partial charge >= 0.3 is 0 Å². The second-order valence-electron chi connectivity index (χ2n) is 4.62. The van der Waals surface area contributed by atoms with Crippen molar-refractivity contribution in [2.45, 2.75) is 19.9 Å². The van der Waals surface area contributed by atoms with Crippen LogP contribution in [-0.4, -0.2) is 21.7 Å². The first-order valence-electron chi connectivity index (χ1n) is 5.13. The maximum atomic E-state index is 10.9. The highest BCUT2D eigenvalue weighted by Crippen LogP contribution is 2.37. The highest BCUT2D eigenvalue weighted by atomic mass is 35.5. The minimum Gasteiger partial charge on any atom is -0.508 e. The average Bonchev–Trinajstić information content (AvgIpc) is 2.27. The summed E-state index contributed by atoms with van der Waals surface area (Å²) in [4.78, 5) is 10.3. The van der Waals surface area contributed by atoms with Gasteiger partial charge in [-0.15, -0.1) is 12.4 Å². The van der Waals surface area contributed by atoms with Gasteiger partial charge in [-0.25, -0.2) is 0 Å². The van der Waals surface area contributed by atoms with Crippen LogP contribution in [0.25, 0.3) is 0 Å². The molecule has 0 saturated carbocycles. The molecule has 0 aromatic heterocycles. The zero-order chi connectivity index (χ0) is 13.2. The lowest BCUT2D eigenvalue weighted by molar-refractivity contribution is -0.385. The van der Waals surface area contributed by atoms with E-state index in [0.29, 0.717) is 0 Å². The van der Waals surface area contributed by atoms with Crippen LogP contribution in [-0.2, 0) is 0 Å². The number of nitro groups is 1. The summed E-state index contributed by atoms with van der Waals surface area (Å²) in [6.45, 7) is 3.19. The number of benzene rings is 1. The number of phenolic OH excluding ortho intramolecular Hbond substituents is 1. The number of hydrogen-bond acceptors (Lipinski definition) is 5. The maximum Gasteiger partial charge on any atom is 0.274 e. The predicted octanol–water partition coefficient (Wildman–Crippen LogP) is 1.74. The van der Waals surface area contributed by atoms with Gasteiger partial charge in [0, 0.05) is 24.1 Å². The number of nitro benzene ring substituents is 1. The lowest BCUT2D eigenvalue weighted by Crippen LogP contribution is -2.32. The molecule has 18 heavy (non-hydrogen) atoms. The van der Waals surface area contributed by atoms with E-state index in [9.17, 15) is 20.3 Å². The molecule has 0 radical (unpaired) electrons. The average molecular weight is 277 g/mol. The smallest absolute Gasteiger partial charge is 0.274 e. The molecule has 7 heteroatoms. The van der Waals surface area contributed by atoms with Crippen LogP contribution >= 0.6 is 12.4 Å². The first-order chi connectivity index (χ1) is 7.79. The van der Waals surface area contributed by atoms with Gasteiger partial charge in [-0.2, -0.15) is 0 Å². The third-order valence-electron chi connectivity index (χ3n) is 2.79. The highest BCUT2D eigenvalue weighted by molar-refractivity contribution is 5.85. The van der Waals surface area contributed by atoms with Crippen LogP contribution < -0.4 is 5.73 Å². The first-order valence-corrected chi connectivity index (χ1v) is 5.13. The monoisotopic (exact) mass is 276 g/mol. The van der Waals surface area contributed by atoms with Crippen LogP contribution in [0.2, 0.25) is 0 Å². The van der Waals surface area contributed by atoms with Gasteiger partial charge in [-0.05, 0) is 12.1 Å². The number of nitrogens with zero attached hydrogens (tertiary/aromatic N) is 1. The number of aromatic hydroxyl groups is 1. The molecule has 0 amide bonds. The summed E-state index contributed by atoms with van der Waals surface area (Å²) in [7, 11) is 0. The number of rotatable bonds is 4. The third kappa shape index (κ3) is 3.32. The lowest BCUT2D eigenvalue weighted by atomic mass is 9.81. The van der Waals surface area contributed by atoms with Crippen molar-refractivity contribution in [2.24, 2.45) is 11.1 Å². The Labute approximate surface area is 111 Å². The Morgan fingerprint density at radius 1 is 1.50 bits per heavy atom. The van der Waals surface area contributed by atoms with Crippen molar-refractivity contribution in [1.82, 2.24) is 0 Å². The summed E-state index contributed by atoms with van der Waals surface area (Å²) in [5.41, 5.74) is 5.27. The number of halogens is 1. The maximum absolute atomic E-state index is 10.9. The van der Waals surface area contributed by atoms with Crippen molar-refractivity contribution in [3.63, 3.8) is 0 Å². The van der Waals surface area contributed by atoms with E-state index in [1.165, 1.54) is 18.2 Å². The van der Waals surface area contributed by atoms with Gasteiger partial charge in [0.25, 0.3) is 5.69 Å². The van der Waals surface area contributed by atoms with Crippen LogP contribution in [0.5, 0.6) is 5.75 Å². The molecular weight excluding hydrogens is 260 g/mol. The summed E-state index contributed by atoms with van der Waals surface area (Å²) in [5, 5.41) is 29.4. The number of aliphatic hydroxyl groups excluding tert-OH is 1. The molecule has 4 N–H and O–H groups in total. The fourth-order valence-corrected chi connectivity index (χ4v) is 1.48. The summed E-state index contributed by atoms with van der Waals surface area (Å²) in [6.07, 6.45) is 0. The second-order valence-corrected chi connectivity index (χ2v) is 4.62. The number of phenols is 1. The van der Waals surface area contributed by atoms with E-state index in [4.69, 9.17) is 5.73 Å². The van der Waals surface area contributed by atoms with Gasteiger partial charge in [0.1, 0.15) is 5.75 Å². The van der Waals surface area contributed by atoms with Crippen molar-refractivity contribution in [3.05, 3.63) is 33.9 Å². The van der Waals surface area contributed by atoms with Crippen molar-refractivity contribution < 1.29 is 15.1 Å². The van der Waals surface area contributed by atoms with Gasteiger partial charge in [0.05, 0.1) is 10.5 Å². The third-order valence-corrected chi connectivity index (χ3v) is 2.79. The van der Waals surface area contributed by atoms with Gasteiger partial charge in [-0.1, -0.05) is 13.8 Å². The van der Waals surface area contributed by atoms with Gasteiger partial charge in [0.15, 0.2) is 0 Å². The Bertz CT molecular complexity index is 437. The summed E-state index contributed by atoms with van der Waals surface area (Å²) >= 11 is 0. The van der Waals surface area contributed by atoms with E-state index < -0.39 is 16.4 Å². The van der Waals surface area contributed by atoms with Crippen molar-refractivity contribution in [2.75, 3.05) is 6.61 Å². The quantitative estimate of drug-likeness (QED) is 0.573. The highest BCUT2D eigenvalue weighted by Gasteiger charge is 2.32. The molecule has 1 rings (SSSR count). The normalized spacial score (nSPS) is 12.7. The largest absolute Gasteiger partial charge is 0.508 e. The molecule has 0 saturated heterocycles. The standard InChI is InChI=1S/C11H16N2O4.ClH/c1-11(2,6-14)10(12)8-5-7(15)3-4-9(8)13(16)17;/h3-5,10,14-15H,6,12H2,1-2H3;1H/t10-;/m1./s1. The molecule has 0 fully saturated rings. The topological polar surface area (TPSA) is 110 Å². The van der Waals surface area contributed by atoms with Gasteiger partial charge in [0.2, 0.25) is 0 Å². The Hall–Kier alpha value is -1.37. The lowest BCUT2D eigenvalue weighted by Gasteiger charge is -2.29. The van der Waals surface area contributed by atoms with E-state index in [1.807, 2.05) is 0 Å². The molecule has 0 aliphatic heterocycles. The molecule has 1 atom stereocenters. The van der Waals surface area contributed by atoms with E-state index in [1.54, 1.807) is 13.8 Å². The van der Waals surface area contributed by atoms with Crippen LogP contribution in [0.15, 0.2) is 18.2 Å². The molecule has 1 aromatic rings. The van der Waals surface area contributed by atoms with E-state index in [2.05, 4.69) is 0 Å². The Morgan fingerprint density at radius 3 is 2.50 bits per heavy atom. The molecule has 0 heterocycles. The second kappa shape index (κ2) is 5.99. The first kappa shape index (κ1) is 16.6. The number of aliphatic hydroxyl groups is 1. The molecular formula is C11H17ClN2O4. The zero-order valence-electron chi connectivity index (χ0n) is 10.2. The fourth-order valence-electron chi connectivity index (χ4n) is 1.48. The van der Waals surface area contributed by atoms with Crippen molar-refractivity contribution in [3.8, 4) is 5.75 Å². The number of hydrogen-bond donors (Lipinski definition) is 3. The zero-order valence-corrected chi connectivity index (χ0v) is 11.0. The SMILES string of the molecule is CC(C)(CO)[C@H](N)c1cc(O)ccc1[N+](=O)[O-].Cl. The predicted molar refractivity (Wildman–Crippen MR) is 69.8 cm³/mol. The van der Waals surface area contributed by atoms with E-state index in [-0.39, 0.29) is 36.0 Å². The molecule has 0 spiro atoms. The van der Waals surface area contributed by atoms with Crippen LogP contribution in [0, 0.1) is 15.5 Å². The summed E-state index contributed by atoms with van der Waals surface area (Å²) in [6, 6.07) is 2.97. The van der Waals surface area contributed by atoms with Crippen molar-refractivity contribution in [1.29, 1.82) is 0 Å². The van der Waals surface area contributed by atoms with E-state index >= 15 is 0 Å². The van der Waals surface area contributed by atoms with E-state index in [0.717, 1.165) is 0 Å². The fraction of sp³-hybridized carbons (Fsp3) is 0.455. The minimum atomic E-state index is -0.736. The number of nitrogens with two attached hydrogens (primary N) is 1. The van der Waals surface area contributed by atoms with Gasteiger partial charge < -0.3 is 15.9 Å². The Kier molecular flexibility index (Phi) is 5.54. The molecule has 1 aromatic carbocycles. The minimum absolute atomic E-state index is 0. The van der Waals surface area contributed by atoms with Crippen LogP contribution in [0.1, 0.15) is 25.5 Å². The summed E-state index contributed by atoms with van der Waals surface area (Å²) < 4.78 is 0.